The molecule has 1 aliphatic heterocycles. The van der Waals surface area contributed by atoms with Crippen LogP contribution in [0.1, 0.15) is 21.6 Å². The van der Waals surface area contributed by atoms with E-state index in [2.05, 4.69) is 34.1 Å². The third-order valence-corrected chi connectivity index (χ3v) is 7.14. The summed E-state index contributed by atoms with van der Waals surface area (Å²) in [5.41, 5.74) is 2.37. The first kappa shape index (κ1) is 24.3. The molecule has 2 heterocycles. The molecule has 6 nitrogen and oxygen atoms in total. The topological polar surface area (TPSA) is 65.8 Å². The molecule has 1 aliphatic rings. The number of carboxylic acid groups (broad SMARTS) is 1. The van der Waals surface area contributed by atoms with Gasteiger partial charge in [-0.05, 0) is 42.3 Å². The van der Waals surface area contributed by atoms with Gasteiger partial charge in [0.15, 0.2) is 0 Å². The van der Waals surface area contributed by atoms with Crippen molar-refractivity contribution in [2.75, 3.05) is 32.7 Å². The van der Waals surface area contributed by atoms with E-state index in [0.717, 1.165) is 39.1 Å². The van der Waals surface area contributed by atoms with Gasteiger partial charge >= 0.3 is 5.97 Å². The Morgan fingerprint density at radius 2 is 1.42 bits per heavy atom. The van der Waals surface area contributed by atoms with E-state index >= 15 is 0 Å². The van der Waals surface area contributed by atoms with Crippen molar-refractivity contribution in [2.45, 2.75) is 13.0 Å². The number of pyridine rings is 1. The summed E-state index contributed by atoms with van der Waals surface area (Å²) in [6.45, 7) is 4.76. The van der Waals surface area contributed by atoms with Gasteiger partial charge in [-0.2, -0.15) is 0 Å². The Morgan fingerprint density at radius 1 is 0.806 bits per heavy atom. The van der Waals surface area contributed by atoms with Crippen molar-refractivity contribution in [3.8, 4) is 5.69 Å². The Labute approximate surface area is 215 Å². The van der Waals surface area contributed by atoms with Crippen LogP contribution in [-0.2, 0) is 13.0 Å². The number of carboxylic acids is 1. The number of benzene rings is 3. The number of hydrogen-bond donors (Lipinski definition) is 1. The van der Waals surface area contributed by atoms with E-state index in [9.17, 15) is 14.7 Å². The summed E-state index contributed by atoms with van der Waals surface area (Å²) < 4.78 is 1.55. The van der Waals surface area contributed by atoms with Crippen LogP contribution in [0.2, 0.25) is 5.02 Å². The molecule has 0 atom stereocenters. The van der Waals surface area contributed by atoms with E-state index < -0.39 is 5.97 Å². The summed E-state index contributed by atoms with van der Waals surface area (Å²) in [5.74, 6) is -1.04. The number of nitrogens with zero attached hydrogens (tertiary/aromatic N) is 3. The molecule has 7 heteroatoms. The number of piperazine rings is 1. The molecule has 0 saturated carbocycles. The molecule has 1 N–H and O–H groups in total. The molecular weight excluding hydrogens is 474 g/mol. The number of fused-ring (bicyclic) bond motifs is 1. The standard InChI is InChI=1S/C29H28ClN3O3/c30-22-10-12-23(13-11-22)33-26(27(29(35)36)24-8-4-5-9-25(24)28(33)34)20-32-18-16-31(17-19-32)15-14-21-6-2-1-3-7-21/h1-13H,14-20H2,(H,35,36). The third-order valence-electron chi connectivity index (χ3n) is 6.88. The number of aromatic carboxylic acids is 1. The maximum absolute atomic E-state index is 13.6. The lowest BCUT2D eigenvalue weighted by atomic mass is 10.0. The fourth-order valence-electron chi connectivity index (χ4n) is 4.96. The largest absolute Gasteiger partial charge is 0.478 e. The lowest BCUT2D eigenvalue weighted by Crippen LogP contribution is -2.47. The van der Waals surface area contributed by atoms with Gasteiger partial charge in [-0.25, -0.2) is 4.79 Å². The van der Waals surface area contributed by atoms with Crippen molar-refractivity contribution in [1.29, 1.82) is 0 Å². The Morgan fingerprint density at radius 3 is 2.08 bits per heavy atom. The highest BCUT2D eigenvalue weighted by Crippen LogP contribution is 2.25. The molecule has 1 fully saturated rings. The van der Waals surface area contributed by atoms with Gasteiger partial charge in [0.25, 0.3) is 5.56 Å². The van der Waals surface area contributed by atoms with Gasteiger partial charge in [-0.15, -0.1) is 0 Å². The zero-order valence-electron chi connectivity index (χ0n) is 19.9. The van der Waals surface area contributed by atoms with E-state index in [1.54, 1.807) is 53.1 Å². The number of halogens is 1. The van der Waals surface area contributed by atoms with Crippen LogP contribution in [-0.4, -0.2) is 58.2 Å². The van der Waals surface area contributed by atoms with Gasteiger partial charge < -0.3 is 10.0 Å². The van der Waals surface area contributed by atoms with Crippen molar-refractivity contribution < 1.29 is 9.90 Å². The molecule has 5 rings (SSSR count). The van der Waals surface area contributed by atoms with Crippen LogP contribution >= 0.6 is 11.6 Å². The van der Waals surface area contributed by atoms with E-state index in [4.69, 9.17) is 11.6 Å². The first-order valence-corrected chi connectivity index (χ1v) is 12.5. The zero-order chi connectivity index (χ0) is 25.1. The van der Waals surface area contributed by atoms with Crippen LogP contribution in [0, 0.1) is 0 Å². The zero-order valence-corrected chi connectivity index (χ0v) is 20.7. The molecule has 0 bridgehead atoms. The Bertz CT molecular complexity index is 1430. The van der Waals surface area contributed by atoms with Crippen LogP contribution < -0.4 is 5.56 Å². The summed E-state index contributed by atoms with van der Waals surface area (Å²) in [6, 6.07) is 24.4. The summed E-state index contributed by atoms with van der Waals surface area (Å²) in [6.07, 6.45) is 1.00. The summed E-state index contributed by atoms with van der Waals surface area (Å²) in [7, 11) is 0. The average Bonchev–Trinajstić information content (AvgIpc) is 2.90. The number of aromatic nitrogens is 1. The summed E-state index contributed by atoms with van der Waals surface area (Å²) in [4.78, 5) is 30.8. The Kier molecular flexibility index (Phi) is 7.18. The Hall–Kier alpha value is -3.45. The molecule has 0 aliphatic carbocycles. The molecule has 0 radical (unpaired) electrons. The van der Waals surface area contributed by atoms with Crippen LogP contribution in [0.15, 0.2) is 83.7 Å². The molecule has 1 saturated heterocycles. The second kappa shape index (κ2) is 10.7. The lowest BCUT2D eigenvalue weighted by molar-refractivity contribution is 0.0693. The first-order valence-electron chi connectivity index (χ1n) is 12.2. The molecule has 1 aromatic heterocycles. The lowest BCUT2D eigenvalue weighted by Gasteiger charge is -2.35. The van der Waals surface area contributed by atoms with Crippen LogP contribution in [0.5, 0.6) is 0 Å². The maximum atomic E-state index is 13.6. The molecule has 36 heavy (non-hydrogen) atoms. The molecular formula is C29H28ClN3O3. The van der Waals surface area contributed by atoms with Crippen LogP contribution in [0.4, 0.5) is 0 Å². The fourth-order valence-corrected chi connectivity index (χ4v) is 5.09. The molecule has 3 aromatic carbocycles. The minimum absolute atomic E-state index is 0.173. The van der Waals surface area contributed by atoms with Gasteiger partial charge in [0.05, 0.1) is 11.3 Å². The number of hydrogen-bond acceptors (Lipinski definition) is 4. The van der Waals surface area contributed by atoms with E-state index in [-0.39, 0.29) is 11.1 Å². The summed E-state index contributed by atoms with van der Waals surface area (Å²) >= 11 is 6.10. The van der Waals surface area contributed by atoms with E-state index in [0.29, 0.717) is 33.7 Å². The van der Waals surface area contributed by atoms with Crippen molar-refractivity contribution in [3.05, 3.63) is 111 Å². The Balaban J connectivity index is 1.45. The van der Waals surface area contributed by atoms with Gasteiger partial charge in [0, 0.05) is 60.8 Å². The van der Waals surface area contributed by atoms with Crippen LogP contribution in [0.3, 0.4) is 0 Å². The third kappa shape index (κ3) is 5.07. The van der Waals surface area contributed by atoms with Crippen LogP contribution in [0.25, 0.3) is 16.5 Å². The van der Waals surface area contributed by atoms with Crippen molar-refractivity contribution >= 4 is 28.3 Å². The molecule has 4 aromatic rings. The van der Waals surface area contributed by atoms with Crippen molar-refractivity contribution in [3.63, 3.8) is 0 Å². The van der Waals surface area contributed by atoms with Crippen molar-refractivity contribution in [2.24, 2.45) is 0 Å². The minimum atomic E-state index is -1.04. The monoisotopic (exact) mass is 501 g/mol. The predicted octanol–water partition coefficient (Wildman–Crippen LogP) is 4.70. The smallest absolute Gasteiger partial charge is 0.338 e. The van der Waals surface area contributed by atoms with Gasteiger partial charge in [-0.3, -0.25) is 14.3 Å². The molecule has 0 unspecified atom stereocenters. The highest BCUT2D eigenvalue weighted by molar-refractivity contribution is 6.30. The average molecular weight is 502 g/mol. The van der Waals surface area contributed by atoms with Gasteiger partial charge in [0.2, 0.25) is 0 Å². The highest BCUT2D eigenvalue weighted by atomic mass is 35.5. The molecule has 0 amide bonds. The number of rotatable bonds is 7. The van der Waals surface area contributed by atoms with E-state index in [1.807, 2.05) is 6.07 Å². The SMILES string of the molecule is O=C(O)c1c(CN2CCN(CCc3ccccc3)CC2)n(-c2ccc(Cl)cc2)c(=O)c2ccccc12. The van der Waals surface area contributed by atoms with Crippen molar-refractivity contribution in [1.82, 2.24) is 14.4 Å². The minimum Gasteiger partial charge on any atom is -0.478 e. The second-order valence-electron chi connectivity index (χ2n) is 9.14. The van der Waals surface area contributed by atoms with Gasteiger partial charge in [0.1, 0.15) is 0 Å². The quantitative estimate of drug-likeness (QED) is 0.397. The normalized spacial score (nSPS) is 14.8. The molecule has 0 spiro atoms. The predicted molar refractivity (Wildman–Crippen MR) is 143 cm³/mol. The maximum Gasteiger partial charge on any atom is 0.338 e. The van der Waals surface area contributed by atoms with E-state index in [1.165, 1.54) is 5.56 Å². The summed E-state index contributed by atoms with van der Waals surface area (Å²) in [5, 5.41) is 11.7. The first-order chi connectivity index (χ1) is 17.5. The van der Waals surface area contributed by atoms with Gasteiger partial charge in [-0.1, -0.05) is 60.1 Å². The molecule has 184 valence electrons. The highest BCUT2D eigenvalue weighted by Gasteiger charge is 2.25. The second-order valence-corrected chi connectivity index (χ2v) is 9.58. The number of carbonyl (C=O) groups is 1. The fraction of sp³-hybridized carbons (Fsp3) is 0.241.